The van der Waals surface area contributed by atoms with Crippen LogP contribution in [0, 0.1) is 6.92 Å². The predicted octanol–water partition coefficient (Wildman–Crippen LogP) is 2.34. The molecule has 2 N–H and O–H groups in total. The number of benzene rings is 1. The van der Waals surface area contributed by atoms with Crippen LogP contribution in [0.25, 0.3) is 16.6 Å². The number of fused-ring (bicyclic) bond motifs is 3. The fourth-order valence-electron chi connectivity index (χ4n) is 3.62. The predicted molar refractivity (Wildman–Crippen MR) is 89.6 cm³/mol. The molecule has 0 atom stereocenters. The summed E-state index contributed by atoms with van der Waals surface area (Å²) in [5.41, 5.74) is 3.33. The Hall–Kier alpha value is -2.83. The van der Waals surface area contributed by atoms with Crippen molar-refractivity contribution in [3.05, 3.63) is 45.9 Å². The highest BCUT2D eigenvalue weighted by atomic mass is 16.4. The summed E-state index contributed by atoms with van der Waals surface area (Å²) in [5.74, 6) is 0.125. The molecule has 3 aromatic rings. The first kappa shape index (κ1) is 14.7. The van der Waals surface area contributed by atoms with Crippen molar-refractivity contribution in [1.82, 2.24) is 19.5 Å². The summed E-state index contributed by atoms with van der Waals surface area (Å²) in [7, 11) is 0. The van der Waals surface area contributed by atoms with E-state index in [1.165, 1.54) is 4.90 Å². The summed E-state index contributed by atoms with van der Waals surface area (Å²) >= 11 is 0. The number of rotatable bonds is 1. The topological polar surface area (TPSA) is 90.7 Å². The molecule has 0 radical (unpaired) electrons. The van der Waals surface area contributed by atoms with Crippen LogP contribution in [-0.2, 0) is 0 Å². The zero-order valence-corrected chi connectivity index (χ0v) is 13.3. The van der Waals surface area contributed by atoms with E-state index in [2.05, 4.69) is 10.1 Å². The van der Waals surface area contributed by atoms with Gasteiger partial charge >= 0.3 is 6.09 Å². The standard InChI is InChI=1S/C17H18N4O3/c1-10-3-2-4-12-15(10)16-18-14(22)9-13(21(16)19-12)11-5-7-20(8-6-11)17(23)24/h2-4,9,11H,5-8H2,1H3,(H,18,22)(H,23,24). The Morgan fingerprint density at radius 3 is 2.79 bits per heavy atom. The fraction of sp³-hybridized carbons (Fsp3) is 0.353. The van der Waals surface area contributed by atoms with Gasteiger partial charge < -0.3 is 15.0 Å². The van der Waals surface area contributed by atoms with Crippen LogP contribution in [0.2, 0.25) is 0 Å². The number of aromatic amines is 1. The average molecular weight is 326 g/mol. The van der Waals surface area contributed by atoms with E-state index in [0.29, 0.717) is 31.6 Å². The number of hydrogen-bond donors (Lipinski definition) is 2. The minimum absolute atomic E-state index is 0.125. The molecule has 0 saturated carbocycles. The molecule has 0 unspecified atom stereocenters. The molecule has 1 amide bonds. The van der Waals surface area contributed by atoms with Crippen molar-refractivity contribution < 1.29 is 9.90 Å². The second-order valence-electron chi connectivity index (χ2n) is 6.33. The van der Waals surface area contributed by atoms with E-state index >= 15 is 0 Å². The molecule has 7 nitrogen and oxygen atoms in total. The normalized spacial score (nSPS) is 16.1. The van der Waals surface area contributed by atoms with E-state index < -0.39 is 6.09 Å². The number of carboxylic acid groups (broad SMARTS) is 1. The lowest BCUT2D eigenvalue weighted by Crippen LogP contribution is -2.37. The zero-order chi connectivity index (χ0) is 16.8. The van der Waals surface area contributed by atoms with E-state index in [9.17, 15) is 9.59 Å². The van der Waals surface area contributed by atoms with Gasteiger partial charge in [-0.2, -0.15) is 5.10 Å². The molecule has 0 bridgehead atoms. The number of amides is 1. The maximum atomic E-state index is 12.2. The number of nitrogens with zero attached hydrogens (tertiary/aromatic N) is 3. The number of hydrogen-bond acceptors (Lipinski definition) is 3. The number of piperidine rings is 1. The molecule has 1 aromatic carbocycles. The van der Waals surface area contributed by atoms with Gasteiger partial charge in [0.2, 0.25) is 0 Å². The van der Waals surface area contributed by atoms with Gasteiger partial charge in [-0.05, 0) is 31.4 Å². The average Bonchev–Trinajstić information content (AvgIpc) is 2.94. The maximum Gasteiger partial charge on any atom is 0.407 e. The van der Waals surface area contributed by atoms with E-state index in [1.54, 1.807) is 6.07 Å². The molecule has 1 saturated heterocycles. The van der Waals surface area contributed by atoms with Gasteiger partial charge in [0.05, 0.1) is 11.2 Å². The zero-order valence-electron chi connectivity index (χ0n) is 13.3. The monoisotopic (exact) mass is 326 g/mol. The smallest absolute Gasteiger partial charge is 0.407 e. The van der Waals surface area contributed by atoms with Crippen molar-refractivity contribution in [2.24, 2.45) is 0 Å². The molecule has 124 valence electrons. The van der Waals surface area contributed by atoms with Gasteiger partial charge in [0.25, 0.3) is 5.56 Å². The minimum Gasteiger partial charge on any atom is -0.465 e. The number of aromatic nitrogens is 3. The van der Waals surface area contributed by atoms with Gasteiger partial charge in [-0.1, -0.05) is 12.1 Å². The fourth-order valence-corrected chi connectivity index (χ4v) is 3.62. The second-order valence-corrected chi connectivity index (χ2v) is 6.33. The molecule has 4 rings (SSSR count). The van der Waals surface area contributed by atoms with Crippen molar-refractivity contribution in [3.63, 3.8) is 0 Å². The lowest BCUT2D eigenvalue weighted by molar-refractivity contribution is 0.131. The van der Waals surface area contributed by atoms with Crippen LogP contribution in [0.5, 0.6) is 0 Å². The minimum atomic E-state index is -0.884. The van der Waals surface area contributed by atoms with Crippen molar-refractivity contribution in [2.75, 3.05) is 13.1 Å². The van der Waals surface area contributed by atoms with Crippen LogP contribution in [0.3, 0.4) is 0 Å². The SMILES string of the molecule is Cc1cccc2nn3c(C4CCN(C(=O)O)CC4)cc(=O)[nH]c3c12. The molecule has 2 aromatic heterocycles. The van der Waals surface area contributed by atoms with Crippen molar-refractivity contribution in [3.8, 4) is 0 Å². The van der Waals surface area contributed by atoms with Crippen molar-refractivity contribution >= 4 is 22.6 Å². The summed E-state index contributed by atoms with van der Waals surface area (Å²) in [6, 6.07) is 7.48. The van der Waals surface area contributed by atoms with E-state index in [1.807, 2.05) is 29.6 Å². The molecule has 1 aliphatic rings. The molecule has 24 heavy (non-hydrogen) atoms. The first-order valence-corrected chi connectivity index (χ1v) is 8.04. The van der Waals surface area contributed by atoms with Crippen LogP contribution >= 0.6 is 0 Å². The number of carbonyl (C=O) groups is 1. The molecular formula is C17H18N4O3. The van der Waals surface area contributed by atoms with Crippen LogP contribution < -0.4 is 5.56 Å². The first-order valence-electron chi connectivity index (χ1n) is 8.04. The van der Waals surface area contributed by atoms with Gasteiger partial charge in [0.15, 0.2) is 0 Å². The highest BCUT2D eigenvalue weighted by molar-refractivity contribution is 5.94. The Bertz CT molecular complexity index is 996. The number of nitrogens with one attached hydrogen (secondary N) is 1. The van der Waals surface area contributed by atoms with Crippen LogP contribution in [0.15, 0.2) is 29.1 Å². The number of aryl methyl sites for hydroxylation is 1. The Labute approximate surface area is 137 Å². The van der Waals surface area contributed by atoms with Gasteiger partial charge in [0, 0.05) is 30.5 Å². The molecule has 1 fully saturated rings. The third-order valence-corrected chi connectivity index (χ3v) is 4.86. The Balaban J connectivity index is 1.84. The number of H-pyrrole nitrogens is 1. The Morgan fingerprint density at radius 2 is 2.08 bits per heavy atom. The van der Waals surface area contributed by atoms with Gasteiger partial charge in [-0.25, -0.2) is 9.31 Å². The van der Waals surface area contributed by atoms with E-state index in [0.717, 1.165) is 22.2 Å². The molecule has 1 aliphatic heterocycles. The summed E-state index contributed by atoms with van der Waals surface area (Å²) in [6.45, 7) is 2.96. The highest BCUT2D eigenvalue weighted by Gasteiger charge is 2.26. The lowest BCUT2D eigenvalue weighted by atomic mass is 9.93. The van der Waals surface area contributed by atoms with Gasteiger partial charge in [0.1, 0.15) is 5.65 Å². The molecule has 3 heterocycles. The van der Waals surface area contributed by atoms with Gasteiger partial charge in [-0.15, -0.1) is 0 Å². The Kier molecular flexibility index (Phi) is 3.30. The van der Waals surface area contributed by atoms with Crippen molar-refractivity contribution in [2.45, 2.75) is 25.7 Å². The van der Waals surface area contributed by atoms with Gasteiger partial charge in [-0.3, -0.25) is 4.79 Å². The van der Waals surface area contributed by atoms with Crippen LogP contribution in [0.1, 0.15) is 30.0 Å². The summed E-state index contributed by atoms with van der Waals surface area (Å²) in [4.78, 5) is 27.6. The summed E-state index contributed by atoms with van der Waals surface area (Å²) in [5, 5.41) is 14.7. The van der Waals surface area contributed by atoms with E-state index in [4.69, 9.17) is 5.11 Å². The third kappa shape index (κ3) is 2.24. The molecular weight excluding hydrogens is 308 g/mol. The lowest BCUT2D eigenvalue weighted by Gasteiger charge is -2.30. The summed E-state index contributed by atoms with van der Waals surface area (Å²) in [6.07, 6.45) is 0.505. The van der Waals surface area contributed by atoms with Crippen LogP contribution in [0.4, 0.5) is 4.79 Å². The highest BCUT2D eigenvalue weighted by Crippen LogP contribution is 2.29. The quantitative estimate of drug-likeness (QED) is 0.718. The van der Waals surface area contributed by atoms with E-state index in [-0.39, 0.29) is 11.5 Å². The molecule has 0 aliphatic carbocycles. The summed E-state index contributed by atoms with van der Waals surface area (Å²) < 4.78 is 1.82. The first-order chi connectivity index (χ1) is 11.5. The maximum absolute atomic E-state index is 12.2. The third-order valence-electron chi connectivity index (χ3n) is 4.86. The Morgan fingerprint density at radius 1 is 1.33 bits per heavy atom. The number of likely N-dealkylation sites (tertiary alicyclic amines) is 1. The van der Waals surface area contributed by atoms with Crippen molar-refractivity contribution in [1.29, 1.82) is 0 Å². The molecule has 0 spiro atoms. The largest absolute Gasteiger partial charge is 0.465 e. The second kappa shape index (κ2) is 5.36. The molecule has 7 heteroatoms. The van der Waals surface area contributed by atoms with Crippen LogP contribution in [-0.4, -0.2) is 43.8 Å².